The summed E-state index contributed by atoms with van der Waals surface area (Å²) < 4.78 is 11.9. The number of amides is 1. The van der Waals surface area contributed by atoms with E-state index in [0.717, 1.165) is 27.9 Å². The monoisotopic (exact) mass is 421 g/mol. The molecule has 0 spiro atoms. The van der Waals surface area contributed by atoms with Crippen molar-refractivity contribution in [1.29, 1.82) is 0 Å². The summed E-state index contributed by atoms with van der Waals surface area (Å²) in [6.07, 6.45) is 2.94. The molecular formula is C26H31NO4. The molecule has 0 aliphatic carbocycles. The van der Waals surface area contributed by atoms with Gasteiger partial charge in [0.25, 0.3) is 5.91 Å². The molecule has 0 saturated carbocycles. The highest BCUT2D eigenvalue weighted by atomic mass is 16.5. The molecule has 0 radical (unpaired) electrons. The summed E-state index contributed by atoms with van der Waals surface area (Å²) >= 11 is 0. The van der Waals surface area contributed by atoms with Crippen molar-refractivity contribution < 1.29 is 19.1 Å². The van der Waals surface area contributed by atoms with Crippen molar-refractivity contribution in [3.05, 3.63) is 65.2 Å². The van der Waals surface area contributed by atoms with Crippen molar-refractivity contribution in [2.75, 3.05) is 4.90 Å². The molecule has 3 rings (SSSR count). The van der Waals surface area contributed by atoms with Crippen LogP contribution in [0, 0.1) is 20.8 Å². The Morgan fingerprint density at radius 3 is 2.39 bits per heavy atom. The highest BCUT2D eigenvalue weighted by Crippen LogP contribution is 2.44. The Balaban J connectivity index is 2.04. The van der Waals surface area contributed by atoms with Gasteiger partial charge < -0.3 is 14.4 Å². The molecule has 0 bridgehead atoms. The molecule has 0 aromatic heterocycles. The number of anilines is 1. The topological polar surface area (TPSA) is 55.8 Å². The summed E-state index contributed by atoms with van der Waals surface area (Å²) in [5, 5.41) is 0. The third kappa shape index (κ3) is 4.09. The lowest BCUT2D eigenvalue weighted by molar-refractivity contribution is -0.134. The first kappa shape index (κ1) is 22.6. The number of hydrogen-bond donors (Lipinski definition) is 0. The molecule has 1 amide bonds. The van der Waals surface area contributed by atoms with E-state index < -0.39 is 5.60 Å². The molecule has 0 saturated heterocycles. The first-order valence-corrected chi connectivity index (χ1v) is 10.6. The van der Waals surface area contributed by atoms with Crippen LogP contribution >= 0.6 is 0 Å². The molecular weight excluding hydrogens is 390 g/mol. The van der Waals surface area contributed by atoms with Crippen LogP contribution in [0.1, 0.15) is 49.4 Å². The largest absolute Gasteiger partial charge is 0.477 e. The number of rotatable bonds is 5. The van der Waals surface area contributed by atoms with Gasteiger partial charge in [-0.25, -0.2) is 0 Å². The summed E-state index contributed by atoms with van der Waals surface area (Å²) in [7, 11) is 0. The van der Waals surface area contributed by atoms with Crippen molar-refractivity contribution in [2.45, 2.75) is 66.0 Å². The van der Waals surface area contributed by atoms with Crippen LogP contribution < -0.4 is 14.4 Å². The van der Waals surface area contributed by atoms with Crippen molar-refractivity contribution in [2.24, 2.45) is 0 Å². The van der Waals surface area contributed by atoms with Crippen LogP contribution in [0.25, 0.3) is 0 Å². The lowest BCUT2D eigenvalue weighted by Gasteiger charge is -2.41. The molecule has 5 nitrogen and oxygen atoms in total. The highest BCUT2D eigenvalue weighted by molar-refractivity contribution is 6.00. The van der Waals surface area contributed by atoms with Crippen LogP contribution in [-0.2, 0) is 16.0 Å². The molecule has 2 unspecified atom stereocenters. The summed E-state index contributed by atoms with van der Waals surface area (Å²) in [5.41, 5.74) is 3.41. The minimum Gasteiger partial charge on any atom is -0.477 e. The van der Waals surface area contributed by atoms with Gasteiger partial charge in [0.2, 0.25) is 0 Å². The number of carbonyl (C=O) groups is 2. The van der Waals surface area contributed by atoms with Crippen LogP contribution in [0.15, 0.2) is 43.0 Å². The number of hydrogen-bond acceptors (Lipinski definition) is 4. The van der Waals surface area contributed by atoms with E-state index in [2.05, 4.69) is 6.58 Å². The SMILES string of the molecule is C=CC(C)N(C(=O)C1(C)CCc2c(C)c(OC(C)=O)c(C)c(C)c2O1)c1ccccc1. The molecule has 2 atom stereocenters. The zero-order valence-corrected chi connectivity index (χ0v) is 19.2. The van der Waals surface area contributed by atoms with E-state index in [0.29, 0.717) is 24.3 Å². The quantitative estimate of drug-likeness (QED) is 0.377. The third-order valence-corrected chi connectivity index (χ3v) is 6.19. The number of para-hydroxylation sites is 1. The minimum atomic E-state index is -1.02. The second-order valence-corrected chi connectivity index (χ2v) is 8.43. The Labute approximate surface area is 184 Å². The van der Waals surface area contributed by atoms with Gasteiger partial charge in [0.1, 0.15) is 11.5 Å². The summed E-state index contributed by atoms with van der Waals surface area (Å²) in [6.45, 7) is 14.9. The van der Waals surface area contributed by atoms with Gasteiger partial charge in [-0.05, 0) is 69.9 Å². The van der Waals surface area contributed by atoms with E-state index in [1.165, 1.54) is 6.92 Å². The molecule has 2 aromatic carbocycles. The fourth-order valence-electron chi connectivity index (χ4n) is 4.17. The maximum atomic E-state index is 13.8. The summed E-state index contributed by atoms with van der Waals surface area (Å²) in [6, 6.07) is 9.41. The second kappa shape index (κ2) is 8.58. The van der Waals surface area contributed by atoms with E-state index >= 15 is 0 Å². The number of fused-ring (bicyclic) bond motifs is 1. The molecule has 5 heteroatoms. The highest BCUT2D eigenvalue weighted by Gasteiger charge is 2.44. The Kier molecular flexibility index (Phi) is 6.25. The zero-order valence-electron chi connectivity index (χ0n) is 19.2. The van der Waals surface area contributed by atoms with Gasteiger partial charge in [-0.15, -0.1) is 6.58 Å². The predicted molar refractivity (Wildman–Crippen MR) is 123 cm³/mol. The van der Waals surface area contributed by atoms with Crippen LogP contribution in [0.2, 0.25) is 0 Å². The molecule has 2 aromatic rings. The van der Waals surface area contributed by atoms with Crippen molar-refractivity contribution in [3.8, 4) is 11.5 Å². The third-order valence-electron chi connectivity index (χ3n) is 6.19. The maximum Gasteiger partial charge on any atom is 0.308 e. The van der Waals surface area contributed by atoms with E-state index in [1.807, 2.05) is 65.0 Å². The Morgan fingerprint density at radius 2 is 1.81 bits per heavy atom. The van der Waals surface area contributed by atoms with E-state index in [-0.39, 0.29) is 17.9 Å². The lowest BCUT2D eigenvalue weighted by Crippen LogP contribution is -2.55. The number of benzene rings is 2. The predicted octanol–water partition coefficient (Wildman–Crippen LogP) is 5.23. The summed E-state index contributed by atoms with van der Waals surface area (Å²) in [4.78, 5) is 27.1. The van der Waals surface area contributed by atoms with Gasteiger partial charge in [-0.3, -0.25) is 9.59 Å². The Hall–Kier alpha value is -3.08. The second-order valence-electron chi connectivity index (χ2n) is 8.43. The van der Waals surface area contributed by atoms with Gasteiger partial charge in [0, 0.05) is 24.6 Å². The van der Waals surface area contributed by atoms with E-state index in [1.54, 1.807) is 11.0 Å². The molecule has 31 heavy (non-hydrogen) atoms. The van der Waals surface area contributed by atoms with Crippen molar-refractivity contribution in [1.82, 2.24) is 0 Å². The number of carbonyl (C=O) groups excluding carboxylic acids is 2. The molecule has 1 aliphatic heterocycles. The maximum absolute atomic E-state index is 13.8. The molecule has 0 N–H and O–H groups in total. The Morgan fingerprint density at radius 1 is 1.16 bits per heavy atom. The van der Waals surface area contributed by atoms with Crippen LogP contribution in [0.4, 0.5) is 5.69 Å². The van der Waals surface area contributed by atoms with Gasteiger partial charge in [-0.2, -0.15) is 0 Å². The fraction of sp³-hybridized carbons (Fsp3) is 0.385. The minimum absolute atomic E-state index is 0.101. The molecule has 1 heterocycles. The van der Waals surface area contributed by atoms with E-state index in [9.17, 15) is 9.59 Å². The molecule has 1 aliphatic rings. The van der Waals surface area contributed by atoms with Gasteiger partial charge in [0.15, 0.2) is 5.60 Å². The fourth-order valence-corrected chi connectivity index (χ4v) is 4.17. The first-order valence-electron chi connectivity index (χ1n) is 10.6. The molecule has 164 valence electrons. The lowest BCUT2D eigenvalue weighted by atomic mass is 9.86. The van der Waals surface area contributed by atoms with Crippen LogP contribution in [0.5, 0.6) is 11.5 Å². The zero-order chi connectivity index (χ0) is 22.9. The van der Waals surface area contributed by atoms with Gasteiger partial charge in [-0.1, -0.05) is 24.3 Å². The van der Waals surface area contributed by atoms with Gasteiger partial charge >= 0.3 is 5.97 Å². The number of esters is 1. The van der Waals surface area contributed by atoms with Crippen molar-refractivity contribution in [3.63, 3.8) is 0 Å². The van der Waals surface area contributed by atoms with E-state index in [4.69, 9.17) is 9.47 Å². The van der Waals surface area contributed by atoms with Crippen LogP contribution in [0.3, 0.4) is 0 Å². The molecule has 0 fully saturated rings. The number of nitrogens with zero attached hydrogens (tertiary/aromatic N) is 1. The van der Waals surface area contributed by atoms with Gasteiger partial charge in [0.05, 0.1) is 6.04 Å². The number of ether oxygens (including phenoxy) is 2. The van der Waals surface area contributed by atoms with Crippen LogP contribution in [-0.4, -0.2) is 23.5 Å². The smallest absolute Gasteiger partial charge is 0.308 e. The Bertz CT molecular complexity index is 1030. The van der Waals surface area contributed by atoms with Crippen molar-refractivity contribution >= 4 is 17.6 Å². The average molecular weight is 422 g/mol. The average Bonchev–Trinajstić information content (AvgIpc) is 2.75. The standard InChI is InChI=1S/C26H31NO4/c1-8-16(2)27(21-12-10-9-11-13-21)25(29)26(7)15-14-22-19(5)23(30-20(6)28)17(3)18(4)24(22)31-26/h8-13,16H,1,14-15H2,2-7H3. The normalized spacial score (nSPS) is 18.4. The first-order chi connectivity index (χ1) is 14.6. The summed E-state index contributed by atoms with van der Waals surface area (Å²) in [5.74, 6) is 0.857.